The van der Waals surface area contributed by atoms with Crippen molar-refractivity contribution in [2.45, 2.75) is 51.9 Å². The molecule has 1 rings (SSSR count). The topological polar surface area (TPSA) is 51.2 Å². The highest BCUT2D eigenvalue weighted by molar-refractivity contribution is 5.96. The van der Waals surface area contributed by atoms with Gasteiger partial charge in [0.15, 0.2) is 17.3 Å². The molecule has 0 fully saturated rings. The fraction of sp³-hybridized carbons (Fsp3) is 0.409. The summed E-state index contributed by atoms with van der Waals surface area (Å²) in [6, 6.07) is 9.23. The normalized spacial score (nSPS) is 10.9. The van der Waals surface area contributed by atoms with Crippen LogP contribution in [0.3, 0.4) is 0 Å². The van der Waals surface area contributed by atoms with Crippen molar-refractivity contribution >= 4 is 17.3 Å². The van der Waals surface area contributed by atoms with Crippen LogP contribution < -0.4 is 0 Å². The molecule has 1 aromatic rings. The molecule has 0 aliphatic heterocycles. The molecule has 134 valence electrons. The first-order valence-corrected chi connectivity index (χ1v) is 8.85. The fourth-order valence-corrected chi connectivity index (χ4v) is 3.03. The minimum Gasteiger partial charge on any atom is -0.295 e. The van der Waals surface area contributed by atoms with E-state index < -0.39 is 0 Å². The van der Waals surface area contributed by atoms with Crippen LogP contribution in [0.25, 0.3) is 0 Å². The molecule has 0 saturated carbocycles. The zero-order valence-electron chi connectivity index (χ0n) is 15.1. The first kappa shape index (κ1) is 20.8. The van der Waals surface area contributed by atoms with Crippen molar-refractivity contribution in [2.24, 2.45) is 5.41 Å². The monoisotopic (exact) mass is 340 g/mol. The molecular formula is C22H28O3. The Hall–Kier alpha value is -2.29. The Bertz CT molecular complexity index is 589. The van der Waals surface area contributed by atoms with Crippen LogP contribution in [-0.4, -0.2) is 17.3 Å². The molecule has 0 unspecified atom stereocenters. The molecule has 0 bridgehead atoms. The maximum Gasteiger partial charge on any atom is 0.162 e. The second-order valence-corrected chi connectivity index (χ2v) is 6.48. The molecule has 0 aliphatic rings. The lowest BCUT2D eigenvalue weighted by atomic mass is 9.72. The van der Waals surface area contributed by atoms with E-state index in [1.54, 1.807) is 0 Å². The van der Waals surface area contributed by atoms with E-state index in [9.17, 15) is 14.4 Å². The Morgan fingerprint density at radius 3 is 1.80 bits per heavy atom. The molecule has 3 nitrogen and oxygen atoms in total. The Kier molecular flexibility index (Phi) is 8.76. The van der Waals surface area contributed by atoms with Gasteiger partial charge >= 0.3 is 0 Å². The Morgan fingerprint density at radius 1 is 0.880 bits per heavy atom. The van der Waals surface area contributed by atoms with Gasteiger partial charge in [0.25, 0.3) is 0 Å². The Morgan fingerprint density at radius 2 is 1.36 bits per heavy atom. The average Bonchev–Trinajstić information content (AvgIpc) is 2.67. The van der Waals surface area contributed by atoms with Gasteiger partial charge in [-0.05, 0) is 36.8 Å². The van der Waals surface area contributed by atoms with Crippen LogP contribution in [0.1, 0.15) is 62.2 Å². The third-order valence-corrected chi connectivity index (χ3v) is 4.99. The molecule has 1 aromatic carbocycles. The number of ketones is 3. The second-order valence-electron chi connectivity index (χ2n) is 6.48. The lowest BCUT2D eigenvalue weighted by Crippen LogP contribution is -2.23. The largest absolute Gasteiger partial charge is 0.295 e. The van der Waals surface area contributed by atoms with Crippen LogP contribution in [-0.2, 0) is 9.59 Å². The van der Waals surface area contributed by atoms with Crippen molar-refractivity contribution in [2.75, 3.05) is 0 Å². The Labute approximate surface area is 150 Å². The van der Waals surface area contributed by atoms with Gasteiger partial charge in [-0.25, -0.2) is 0 Å². The minimum atomic E-state index is -0.193. The van der Waals surface area contributed by atoms with Crippen molar-refractivity contribution in [3.05, 3.63) is 61.2 Å². The lowest BCUT2D eigenvalue weighted by Gasteiger charge is -2.32. The standard InChI is InChI=1S/C22H28O3/c1-4-19(23)12-15-22(6-3,16-13-20(24)5-2)17-14-21(25)18-10-8-7-9-11-18/h4-5,7-11H,1-2,6,12-17H2,3H3. The smallest absolute Gasteiger partial charge is 0.162 e. The summed E-state index contributed by atoms with van der Waals surface area (Å²) < 4.78 is 0. The Balaban J connectivity index is 2.81. The van der Waals surface area contributed by atoms with Gasteiger partial charge in [0, 0.05) is 24.8 Å². The molecule has 0 atom stereocenters. The van der Waals surface area contributed by atoms with Gasteiger partial charge in [-0.2, -0.15) is 0 Å². The van der Waals surface area contributed by atoms with Gasteiger partial charge < -0.3 is 0 Å². The highest BCUT2D eigenvalue weighted by Gasteiger charge is 2.29. The van der Waals surface area contributed by atoms with E-state index in [4.69, 9.17) is 0 Å². The summed E-state index contributed by atoms with van der Waals surface area (Å²) in [5, 5.41) is 0. The number of hydrogen-bond donors (Lipinski definition) is 0. The van der Waals surface area contributed by atoms with Crippen molar-refractivity contribution in [1.82, 2.24) is 0 Å². The molecule has 0 saturated heterocycles. The number of rotatable bonds is 13. The molecule has 0 heterocycles. The molecule has 3 heteroatoms. The molecule has 0 radical (unpaired) electrons. The predicted molar refractivity (Wildman–Crippen MR) is 102 cm³/mol. The van der Waals surface area contributed by atoms with E-state index in [0.29, 0.717) is 44.1 Å². The van der Waals surface area contributed by atoms with E-state index in [1.807, 2.05) is 30.3 Å². The van der Waals surface area contributed by atoms with Gasteiger partial charge in [-0.1, -0.05) is 56.8 Å². The first-order valence-electron chi connectivity index (χ1n) is 8.85. The molecule has 25 heavy (non-hydrogen) atoms. The highest BCUT2D eigenvalue weighted by atomic mass is 16.1. The molecule has 0 spiro atoms. The third-order valence-electron chi connectivity index (χ3n) is 4.99. The van der Waals surface area contributed by atoms with Gasteiger partial charge in [-0.15, -0.1) is 0 Å². The maximum atomic E-state index is 12.4. The van der Waals surface area contributed by atoms with Gasteiger partial charge in [0.05, 0.1) is 0 Å². The number of carbonyl (C=O) groups excluding carboxylic acids is 3. The summed E-state index contributed by atoms with van der Waals surface area (Å²) in [5.41, 5.74) is 0.513. The number of carbonyl (C=O) groups is 3. The van der Waals surface area contributed by atoms with Crippen molar-refractivity contribution in [3.63, 3.8) is 0 Å². The predicted octanol–water partition coefficient (Wildman–Crippen LogP) is 5.12. The zero-order chi connectivity index (χ0) is 18.7. The molecule has 0 aliphatic carbocycles. The van der Waals surface area contributed by atoms with E-state index >= 15 is 0 Å². The SMILES string of the molecule is C=CC(=O)CCC(CC)(CCC(=O)C=C)CCC(=O)c1ccccc1. The van der Waals surface area contributed by atoms with E-state index in [-0.39, 0.29) is 22.8 Å². The number of hydrogen-bond acceptors (Lipinski definition) is 3. The summed E-state index contributed by atoms with van der Waals surface area (Å²) >= 11 is 0. The molecular weight excluding hydrogens is 312 g/mol. The van der Waals surface area contributed by atoms with Crippen LogP contribution in [0.2, 0.25) is 0 Å². The van der Waals surface area contributed by atoms with Gasteiger partial charge in [0.1, 0.15) is 0 Å². The first-order chi connectivity index (χ1) is 12.0. The summed E-state index contributed by atoms with van der Waals surface area (Å²) in [5.74, 6) is 0.105. The van der Waals surface area contributed by atoms with E-state index in [0.717, 1.165) is 6.42 Å². The van der Waals surface area contributed by atoms with Crippen LogP contribution in [0.5, 0.6) is 0 Å². The molecule has 0 aromatic heterocycles. The summed E-state index contributed by atoms with van der Waals surface area (Å²) in [6.07, 6.45) is 6.73. The minimum absolute atomic E-state index is 0.00209. The van der Waals surface area contributed by atoms with Gasteiger partial charge in [0.2, 0.25) is 0 Å². The quantitative estimate of drug-likeness (QED) is 0.370. The van der Waals surface area contributed by atoms with Crippen molar-refractivity contribution in [1.29, 1.82) is 0 Å². The van der Waals surface area contributed by atoms with Crippen LogP contribution >= 0.6 is 0 Å². The average molecular weight is 340 g/mol. The summed E-state index contributed by atoms with van der Waals surface area (Å²) in [7, 11) is 0. The van der Waals surface area contributed by atoms with Crippen molar-refractivity contribution < 1.29 is 14.4 Å². The third kappa shape index (κ3) is 7.00. The number of Topliss-reactive ketones (excluding diaryl/α,β-unsaturated/α-hetero) is 1. The molecule has 0 amide bonds. The van der Waals surface area contributed by atoms with Crippen LogP contribution in [0, 0.1) is 5.41 Å². The number of benzene rings is 1. The van der Waals surface area contributed by atoms with E-state index in [2.05, 4.69) is 20.1 Å². The number of allylic oxidation sites excluding steroid dienone is 2. The summed E-state index contributed by atoms with van der Waals surface area (Å²) in [4.78, 5) is 35.8. The molecule has 0 N–H and O–H groups in total. The van der Waals surface area contributed by atoms with E-state index in [1.165, 1.54) is 12.2 Å². The van der Waals surface area contributed by atoms with Crippen LogP contribution in [0.4, 0.5) is 0 Å². The second kappa shape index (κ2) is 10.5. The highest BCUT2D eigenvalue weighted by Crippen LogP contribution is 2.39. The van der Waals surface area contributed by atoms with Crippen molar-refractivity contribution in [3.8, 4) is 0 Å². The fourth-order valence-electron chi connectivity index (χ4n) is 3.03. The zero-order valence-corrected chi connectivity index (χ0v) is 15.1. The maximum absolute atomic E-state index is 12.4. The summed E-state index contributed by atoms with van der Waals surface area (Å²) in [6.45, 7) is 9.09. The van der Waals surface area contributed by atoms with Gasteiger partial charge in [-0.3, -0.25) is 14.4 Å². The van der Waals surface area contributed by atoms with Crippen LogP contribution in [0.15, 0.2) is 55.6 Å². The lowest BCUT2D eigenvalue weighted by molar-refractivity contribution is -0.115.